The van der Waals surface area contributed by atoms with E-state index in [4.69, 9.17) is 19.0 Å². The Kier molecular flexibility index (Phi) is 8.27. The largest absolute Gasteiger partial charge is 0.460 e. The van der Waals surface area contributed by atoms with Gasteiger partial charge in [0.25, 0.3) is 11.8 Å². The third-order valence-corrected chi connectivity index (χ3v) is 4.08. The van der Waals surface area contributed by atoms with Crippen LogP contribution < -0.4 is 0 Å². The number of hydroxylamine groups is 2. The van der Waals surface area contributed by atoms with Crippen molar-refractivity contribution in [1.29, 1.82) is 0 Å². The lowest BCUT2D eigenvalue weighted by molar-refractivity contribution is -0.208. The molecule has 0 unspecified atom stereocenters. The summed E-state index contributed by atoms with van der Waals surface area (Å²) in [5, 5.41) is 0.316. The average molecular weight is 463 g/mol. The fourth-order valence-electron chi connectivity index (χ4n) is 2.78. The maximum atomic E-state index is 12.8. The molecular formula is C22H25NO10. The van der Waals surface area contributed by atoms with E-state index in [-0.39, 0.29) is 18.4 Å². The van der Waals surface area contributed by atoms with Crippen LogP contribution in [0.15, 0.2) is 30.3 Å². The van der Waals surface area contributed by atoms with Gasteiger partial charge in [-0.1, -0.05) is 30.3 Å². The van der Waals surface area contributed by atoms with Crippen molar-refractivity contribution in [3.05, 3.63) is 35.9 Å². The Hall–Kier alpha value is -3.76. The van der Waals surface area contributed by atoms with Gasteiger partial charge in [-0.05, 0) is 20.8 Å². The Morgan fingerprint density at radius 1 is 0.939 bits per heavy atom. The maximum Gasteiger partial charge on any atom is 0.378 e. The summed E-state index contributed by atoms with van der Waals surface area (Å²) in [5.74, 6) is -5.58. The lowest BCUT2D eigenvalue weighted by Gasteiger charge is -2.23. The van der Waals surface area contributed by atoms with Crippen molar-refractivity contribution in [2.45, 2.75) is 64.8 Å². The molecule has 0 aliphatic carbocycles. The molecule has 2 amide bonds. The van der Waals surface area contributed by atoms with Crippen molar-refractivity contribution in [3.63, 3.8) is 0 Å². The summed E-state index contributed by atoms with van der Waals surface area (Å²) in [6, 6.07) is 7.65. The summed E-state index contributed by atoms with van der Waals surface area (Å²) >= 11 is 0. The second-order valence-electron chi connectivity index (χ2n) is 8.11. The van der Waals surface area contributed by atoms with Crippen molar-refractivity contribution in [2.75, 3.05) is 0 Å². The summed E-state index contributed by atoms with van der Waals surface area (Å²) < 4.78 is 15.3. The van der Waals surface area contributed by atoms with E-state index in [2.05, 4.69) is 0 Å². The monoisotopic (exact) mass is 463 g/mol. The van der Waals surface area contributed by atoms with Gasteiger partial charge >= 0.3 is 23.9 Å². The van der Waals surface area contributed by atoms with Crippen LogP contribution in [0.4, 0.5) is 0 Å². The molecule has 1 fully saturated rings. The average Bonchev–Trinajstić information content (AvgIpc) is 3.02. The van der Waals surface area contributed by atoms with E-state index in [0.29, 0.717) is 5.06 Å². The third-order valence-electron chi connectivity index (χ3n) is 4.08. The topological polar surface area (TPSA) is 143 Å². The van der Waals surface area contributed by atoms with Gasteiger partial charge in [-0.25, -0.2) is 9.59 Å². The first-order valence-electron chi connectivity index (χ1n) is 10.1. The highest BCUT2D eigenvalue weighted by Gasteiger charge is 2.38. The fourth-order valence-corrected chi connectivity index (χ4v) is 2.78. The number of amides is 2. The van der Waals surface area contributed by atoms with Crippen LogP contribution in [-0.4, -0.2) is 52.5 Å². The summed E-state index contributed by atoms with van der Waals surface area (Å²) in [5.41, 5.74) is -0.693. The molecule has 1 aliphatic rings. The molecule has 1 saturated heterocycles. The van der Waals surface area contributed by atoms with Crippen molar-refractivity contribution >= 4 is 35.7 Å². The molecule has 2 atom stereocenters. The van der Waals surface area contributed by atoms with Crippen LogP contribution in [0.1, 0.15) is 58.6 Å². The minimum absolute atomic E-state index is 0.119. The second kappa shape index (κ2) is 10.7. The number of esters is 3. The minimum Gasteiger partial charge on any atom is -0.460 e. The predicted molar refractivity (Wildman–Crippen MR) is 108 cm³/mol. The first-order valence-corrected chi connectivity index (χ1v) is 10.1. The number of ether oxygens (including phenoxy) is 3. The molecular weight excluding hydrogens is 438 g/mol. The molecule has 11 nitrogen and oxygen atoms in total. The zero-order chi connectivity index (χ0) is 24.8. The van der Waals surface area contributed by atoms with Crippen LogP contribution in [0.25, 0.3) is 0 Å². The Morgan fingerprint density at radius 2 is 1.52 bits per heavy atom. The van der Waals surface area contributed by atoms with E-state index < -0.39 is 59.9 Å². The maximum absolute atomic E-state index is 12.8. The highest BCUT2D eigenvalue weighted by atomic mass is 16.7. The van der Waals surface area contributed by atoms with Crippen molar-refractivity contribution in [2.24, 2.45) is 0 Å². The molecule has 1 heterocycles. The predicted octanol–water partition coefficient (Wildman–Crippen LogP) is 1.54. The van der Waals surface area contributed by atoms with Crippen molar-refractivity contribution < 1.29 is 47.8 Å². The number of benzene rings is 1. The SMILES string of the molecule is CC(=O)O[C@@H](CC(=O)OC(C)(C)C)C(=O)O[C@H](C(=O)ON1C(=O)CCC1=O)c1ccccc1. The number of imide groups is 1. The van der Waals surface area contributed by atoms with Crippen molar-refractivity contribution in [1.82, 2.24) is 5.06 Å². The Balaban J connectivity index is 2.23. The molecule has 0 radical (unpaired) electrons. The summed E-state index contributed by atoms with van der Waals surface area (Å²) in [7, 11) is 0. The molecule has 0 spiro atoms. The standard InChI is InChI=1S/C22H25NO10/c1-13(24)30-15(12-18(27)32-22(2,3)4)20(28)31-19(14-8-6-5-7-9-14)21(29)33-23-16(25)10-11-17(23)26/h5-9,15,19H,10-12H2,1-4H3/t15-,19-/m0/s1. The number of hydrogen-bond donors (Lipinski definition) is 0. The highest BCUT2D eigenvalue weighted by Crippen LogP contribution is 2.23. The molecule has 0 saturated carbocycles. The van der Waals surface area contributed by atoms with Gasteiger partial charge in [-0.2, -0.15) is 0 Å². The summed E-state index contributed by atoms with van der Waals surface area (Å²) in [4.78, 5) is 77.6. The molecule has 0 aromatic heterocycles. The molecule has 0 N–H and O–H groups in total. The summed E-state index contributed by atoms with van der Waals surface area (Å²) in [6.07, 6.45) is -4.31. The first-order chi connectivity index (χ1) is 15.4. The quantitative estimate of drug-likeness (QED) is 0.316. The van der Waals surface area contributed by atoms with Gasteiger partial charge in [0.2, 0.25) is 12.2 Å². The summed E-state index contributed by atoms with van der Waals surface area (Å²) in [6.45, 7) is 5.88. The van der Waals surface area contributed by atoms with E-state index >= 15 is 0 Å². The third kappa shape index (κ3) is 7.70. The van der Waals surface area contributed by atoms with Crippen LogP contribution in [0.5, 0.6) is 0 Å². The van der Waals surface area contributed by atoms with E-state index in [1.807, 2.05) is 0 Å². The van der Waals surface area contributed by atoms with Crippen LogP contribution in [0.2, 0.25) is 0 Å². The van der Waals surface area contributed by atoms with Gasteiger partial charge in [0.1, 0.15) is 5.60 Å². The van der Waals surface area contributed by atoms with Gasteiger partial charge in [-0.3, -0.25) is 19.2 Å². The smallest absolute Gasteiger partial charge is 0.378 e. The molecule has 1 aliphatic heterocycles. The molecule has 11 heteroatoms. The minimum atomic E-state index is -1.71. The second-order valence-corrected chi connectivity index (χ2v) is 8.11. The number of hydrogen-bond acceptors (Lipinski definition) is 10. The zero-order valence-corrected chi connectivity index (χ0v) is 18.7. The van der Waals surface area contributed by atoms with E-state index in [0.717, 1.165) is 6.92 Å². The molecule has 1 aromatic rings. The van der Waals surface area contributed by atoms with Crippen LogP contribution >= 0.6 is 0 Å². The van der Waals surface area contributed by atoms with E-state index in [9.17, 15) is 28.8 Å². The fraction of sp³-hybridized carbons (Fsp3) is 0.455. The van der Waals surface area contributed by atoms with Crippen LogP contribution in [0, 0.1) is 0 Å². The lowest BCUT2D eigenvalue weighted by Crippen LogP contribution is -2.38. The first kappa shape index (κ1) is 25.5. The van der Waals surface area contributed by atoms with Crippen LogP contribution in [-0.2, 0) is 47.8 Å². The molecule has 2 rings (SSSR count). The van der Waals surface area contributed by atoms with Crippen molar-refractivity contribution in [3.8, 4) is 0 Å². The number of carbonyl (C=O) groups excluding carboxylic acids is 6. The number of nitrogens with zero attached hydrogens (tertiary/aromatic N) is 1. The van der Waals surface area contributed by atoms with Crippen LogP contribution in [0.3, 0.4) is 0 Å². The highest BCUT2D eigenvalue weighted by molar-refractivity contribution is 6.01. The normalized spacial score (nSPS) is 15.5. The van der Waals surface area contributed by atoms with E-state index in [1.165, 1.54) is 12.1 Å². The van der Waals surface area contributed by atoms with Gasteiger partial charge < -0.3 is 19.0 Å². The van der Waals surface area contributed by atoms with Gasteiger partial charge in [0.15, 0.2) is 0 Å². The Labute approximate surface area is 189 Å². The Morgan fingerprint density at radius 3 is 2.03 bits per heavy atom. The van der Waals surface area contributed by atoms with E-state index in [1.54, 1.807) is 39.0 Å². The Bertz CT molecular complexity index is 918. The number of carbonyl (C=O) groups is 6. The van der Waals surface area contributed by atoms with Gasteiger partial charge in [-0.15, -0.1) is 5.06 Å². The molecule has 178 valence electrons. The molecule has 1 aromatic carbocycles. The molecule has 0 bridgehead atoms. The number of rotatable bonds is 8. The van der Waals surface area contributed by atoms with Gasteiger partial charge in [0, 0.05) is 25.3 Å². The van der Waals surface area contributed by atoms with Gasteiger partial charge in [0.05, 0.1) is 6.42 Å². The zero-order valence-electron chi connectivity index (χ0n) is 18.7. The lowest BCUT2D eigenvalue weighted by atomic mass is 10.1. The molecule has 33 heavy (non-hydrogen) atoms.